The molecule has 1 saturated heterocycles. The minimum atomic E-state index is 0.360. The summed E-state index contributed by atoms with van der Waals surface area (Å²) in [6.45, 7) is 0.983. The predicted molar refractivity (Wildman–Crippen MR) is 142 cm³/mol. The van der Waals surface area contributed by atoms with E-state index in [-0.39, 0.29) is 0 Å². The van der Waals surface area contributed by atoms with Gasteiger partial charge in [-0.1, -0.05) is 99.2 Å². The average Bonchev–Trinajstić information content (AvgIpc) is 3.34. The highest BCUT2D eigenvalue weighted by atomic mass is 15.2. The normalized spacial score (nSPS) is 24.9. The fourth-order valence-electron chi connectivity index (χ4n) is 6.25. The van der Waals surface area contributed by atoms with E-state index in [1.807, 2.05) is 0 Å². The molecule has 1 aliphatic heterocycles. The van der Waals surface area contributed by atoms with Gasteiger partial charge < -0.3 is 16.0 Å². The number of nitrogens with one attached hydrogen (secondary N) is 3. The van der Waals surface area contributed by atoms with Gasteiger partial charge >= 0.3 is 0 Å². The molecule has 0 bridgehead atoms. The molecule has 4 heteroatoms. The summed E-state index contributed by atoms with van der Waals surface area (Å²) in [7, 11) is 0. The Morgan fingerprint density at radius 2 is 1.26 bits per heavy atom. The van der Waals surface area contributed by atoms with E-state index < -0.39 is 0 Å². The van der Waals surface area contributed by atoms with Crippen LogP contribution in [0, 0.1) is 0 Å². The third-order valence-corrected chi connectivity index (χ3v) is 8.06. The molecule has 3 aliphatic rings. The standard InChI is InChI=1S/C30H42N4/c1-5-13-23(14-6-1)29(24-15-7-2-8-16-24)28-21-27(22-31-28)34-30(32-25-17-9-3-10-18-25)33-26-19-11-4-12-20-26/h1-2,5-8,13-16,25-29,31H,3-4,9-12,17-22H2,(H2,32,33,34)/t27-,28-/m1/s1. The highest BCUT2D eigenvalue weighted by Crippen LogP contribution is 2.32. The third-order valence-electron chi connectivity index (χ3n) is 8.06. The van der Waals surface area contributed by atoms with Crippen LogP contribution in [0.1, 0.15) is 87.7 Å². The zero-order valence-corrected chi connectivity index (χ0v) is 20.6. The highest BCUT2D eigenvalue weighted by Gasteiger charge is 2.33. The predicted octanol–water partition coefficient (Wildman–Crippen LogP) is 5.75. The van der Waals surface area contributed by atoms with Crippen LogP contribution in [0.2, 0.25) is 0 Å². The van der Waals surface area contributed by atoms with Crippen molar-refractivity contribution < 1.29 is 0 Å². The van der Waals surface area contributed by atoms with E-state index in [0.717, 1.165) is 18.9 Å². The first-order chi connectivity index (χ1) is 16.8. The second-order valence-electron chi connectivity index (χ2n) is 10.6. The van der Waals surface area contributed by atoms with Crippen molar-refractivity contribution in [2.24, 2.45) is 4.99 Å². The number of nitrogens with zero attached hydrogens (tertiary/aromatic N) is 1. The van der Waals surface area contributed by atoms with Gasteiger partial charge in [0.2, 0.25) is 0 Å². The van der Waals surface area contributed by atoms with Crippen LogP contribution in [0.5, 0.6) is 0 Å². The fourth-order valence-corrected chi connectivity index (χ4v) is 6.25. The smallest absolute Gasteiger partial charge is 0.192 e. The Hall–Kier alpha value is -2.33. The van der Waals surface area contributed by atoms with E-state index in [1.54, 1.807) is 0 Å². The van der Waals surface area contributed by atoms with E-state index in [9.17, 15) is 0 Å². The summed E-state index contributed by atoms with van der Waals surface area (Å²) >= 11 is 0. The zero-order chi connectivity index (χ0) is 23.0. The van der Waals surface area contributed by atoms with Gasteiger partial charge in [-0.05, 0) is 43.2 Å². The molecule has 0 radical (unpaired) electrons. The molecule has 3 fully saturated rings. The molecule has 0 amide bonds. The van der Waals surface area contributed by atoms with E-state index in [4.69, 9.17) is 4.99 Å². The van der Waals surface area contributed by atoms with Crippen molar-refractivity contribution in [2.75, 3.05) is 6.54 Å². The van der Waals surface area contributed by atoms with Gasteiger partial charge in [-0.2, -0.15) is 0 Å². The minimum absolute atomic E-state index is 0.360. The van der Waals surface area contributed by atoms with Crippen molar-refractivity contribution in [1.82, 2.24) is 16.0 Å². The van der Waals surface area contributed by atoms with Gasteiger partial charge in [-0.3, -0.25) is 0 Å². The molecule has 2 atom stereocenters. The molecule has 0 aromatic heterocycles. The summed E-state index contributed by atoms with van der Waals surface area (Å²) < 4.78 is 0. The van der Waals surface area contributed by atoms with Gasteiger partial charge in [0, 0.05) is 30.6 Å². The summed E-state index contributed by atoms with van der Waals surface area (Å²) in [5.74, 6) is 1.43. The van der Waals surface area contributed by atoms with Crippen molar-refractivity contribution in [3.05, 3.63) is 71.8 Å². The number of rotatable bonds is 6. The van der Waals surface area contributed by atoms with Crippen LogP contribution in [-0.4, -0.2) is 36.7 Å². The van der Waals surface area contributed by atoms with Crippen LogP contribution in [0.3, 0.4) is 0 Å². The average molecular weight is 459 g/mol. The highest BCUT2D eigenvalue weighted by molar-refractivity contribution is 5.80. The van der Waals surface area contributed by atoms with Crippen LogP contribution in [0.4, 0.5) is 0 Å². The van der Waals surface area contributed by atoms with Gasteiger partial charge in [0.05, 0.1) is 6.04 Å². The Morgan fingerprint density at radius 3 is 1.88 bits per heavy atom. The SMILES string of the molecule is c1ccc(C(c2ccccc2)[C@H]2C[C@@H](NC(=NC3CCCCC3)NC3CCCCC3)CN2)cc1. The van der Waals surface area contributed by atoms with Crippen LogP contribution < -0.4 is 16.0 Å². The quantitative estimate of drug-likeness (QED) is 0.382. The minimum Gasteiger partial charge on any atom is -0.354 e. The Morgan fingerprint density at radius 1 is 0.706 bits per heavy atom. The second kappa shape index (κ2) is 11.9. The van der Waals surface area contributed by atoms with E-state index >= 15 is 0 Å². The maximum atomic E-state index is 5.25. The molecule has 2 aromatic carbocycles. The fraction of sp³-hybridized carbons (Fsp3) is 0.567. The number of hydrogen-bond donors (Lipinski definition) is 3. The summed E-state index contributed by atoms with van der Waals surface area (Å²) in [6.07, 6.45) is 14.2. The van der Waals surface area contributed by atoms with Gasteiger partial charge in [0.1, 0.15) is 0 Å². The lowest BCUT2D eigenvalue weighted by Gasteiger charge is -2.28. The molecule has 5 rings (SSSR count). The Kier molecular flexibility index (Phi) is 8.18. The van der Waals surface area contributed by atoms with Gasteiger partial charge in [-0.25, -0.2) is 4.99 Å². The lowest BCUT2D eigenvalue weighted by atomic mass is 9.84. The lowest BCUT2D eigenvalue weighted by molar-refractivity contribution is 0.402. The molecular weight excluding hydrogens is 416 g/mol. The van der Waals surface area contributed by atoms with Crippen LogP contribution >= 0.6 is 0 Å². The molecule has 2 aliphatic carbocycles. The molecule has 2 saturated carbocycles. The summed E-state index contributed by atoms with van der Waals surface area (Å²) in [6, 6.07) is 23.9. The Balaban J connectivity index is 1.29. The molecule has 1 heterocycles. The largest absolute Gasteiger partial charge is 0.354 e. The van der Waals surface area contributed by atoms with Crippen LogP contribution in [-0.2, 0) is 0 Å². The maximum absolute atomic E-state index is 5.25. The molecular formula is C30H42N4. The van der Waals surface area contributed by atoms with E-state index in [2.05, 4.69) is 76.6 Å². The molecule has 2 aromatic rings. The molecule has 3 N–H and O–H groups in total. The summed E-state index contributed by atoms with van der Waals surface area (Å²) in [5, 5.41) is 11.6. The van der Waals surface area contributed by atoms with Crippen molar-refractivity contribution in [1.29, 1.82) is 0 Å². The van der Waals surface area contributed by atoms with Gasteiger partial charge in [0.15, 0.2) is 5.96 Å². The van der Waals surface area contributed by atoms with E-state index in [1.165, 1.54) is 75.3 Å². The first-order valence-corrected chi connectivity index (χ1v) is 13.8. The van der Waals surface area contributed by atoms with Crippen molar-refractivity contribution in [3.8, 4) is 0 Å². The number of benzene rings is 2. The molecule has 34 heavy (non-hydrogen) atoms. The first kappa shape index (κ1) is 23.4. The van der Waals surface area contributed by atoms with Gasteiger partial charge in [0.25, 0.3) is 0 Å². The van der Waals surface area contributed by atoms with E-state index in [0.29, 0.717) is 30.1 Å². The lowest BCUT2D eigenvalue weighted by Crippen LogP contribution is -2.49. The van der Waals surface area contributed by atoms with Crippen molar-refractivity contribution in [2.45, 2.75) is 101 Å². The molecule has 0 spiro atoms. The number of guanidine groups is 1. The molecule has 0 unspecified atom stereocenters. The third kappa shape index (κ3) is 6.21. The monoisotopic (exact) mass is 458 g/mol. The first-order valence-electron chi connectivity index (χ1n) is 13.8. The Labute approximate surface area is 206 Å². The zero-order valence-electron chi connectivity index (χ0n) is 20.6. The number of aliphatic imine (C=N–C) groups is 1. The van der Waals surface area contributed by atoms with Crippen molar-refractivity contribution in [3.63, 3.8) is 0 Å². The molecule has 4 nitrogen and oxygen atoms in total. The van der Waals surface area contributed by atoms with Gasteiger partial charge in [-0.15, -0.1) is 0 Å². The second-order valence-corrected chi connectivity index (χ2v) is 10.6. The maximum Gasteiger partial charge on any atom is 0.192 e. The van der Waals surface area contributed by atoms with Crippen LogP contribution in [0.25, 0.3) is 0 Å². The topological polar surface area (TPSA) is 48.5 Å². The molecule has 182 valence electrons. The number of hydrogen-bond acceptors (Lipinski definition) is 2. The Bertz CT molecular complexity index is 845. The van der Waals surface area contributed by atoms with Crippen molar-refractivity contribution >= 4 is 5.96 Å². The van der Waals surface area contributed by atoms with Crippen LogP contribution in [0.15, 0.2) is 65.7 Å². The summed E-state index contributed by atoms with van der Waals surface area (Å²) in [4.78, 5) is 5.25. The summed E-state index contributed by atoms with van der Waals surface area (Å²) in [5.41, 5.74) is 2.78.